The van der Waals surface area contributed by atoms with Gasteiger partial charge in [-0.3, -0.25) is 0 Å². The second kappa shape index (κ2) is 9.43. The van der Waals surface area contributed by atoms with Gasteiger partial charge in [-0.25, -0.2) is 18.6 Å². The molecule has 206 valence electrons. The number of benzene rings is 3. The lowest BCUT2D eigenvalue weighted by molar-refractivity contribution is 0.00691. The van der Waals surface area contributed by atoms with Gasteiger partial charge in [0.25, 0.3) is 0 Å². The monoisotopic (exact) mass is 547 g/mol. The van der Waals surface area contributed by atoms with E-state index >= 15 is 8.78 Å². The second-order valence-electron chi connectivity index (χ2n) is 11.3. The highest BCUT2D eigenvalue weighted by atomic mass is 19.1. The van der Waals surface area contributed by atoms with E-state index in [0.29, 0.717) is 48.6 Å². The fourth-order valence-electron chi connectivity index (χ4n) is 5.20. The molecule has 1 aliphatic carbocycles. The maximum Gasteiger partial charge on any atom is 0.338 e. The zero-order valence-corrected chi connectivity index (χ0v) is 22.5. The molecule has 4 aliphatic rings. The van der Waals surface area contributed by atoms with Crippen LogP contribution < -0.4 is 14.8 Å². The molecule has 9 heteroatoms. The van der Waals surface area contributed by atoms with Gasteiger partial charge in [-0.05, 0) is 63.1 Å². The number of halogens is 2. The van der Waals surface area contributed by atoms with Crippen molar-refractivity contribution in [2.24, 2.45) is 0 Å². The first-order valence-corrected chi connectivity index (χ1v) is 13.3. The van der Waals surface area contributed by atoms with E-state index in [-0.39, 0.29) is 33.2 Å². The van der Waals surface area contributed by atoms with E-state index in [4.69, 9.17) is 9.15 Å². The average Bonchev–Trinajstić information content (AvgIpc) is 2.80. The quantitative estimate of drug-likeness (QED) is 0.206. The Hall–Kier alpha value is -4.27. The molecular weight excluding hydrogens is 518 g/mol. The number of ether oxygens (including phenoxy) is 1. The normalized spacial score (nSPS) is 15.2. The fourth-order valence-corrected chi connectivity index (χ4v) is 5.20. The molecule has 0 bridgehead atoms. The SMILES string of the molecule is CC(C)(C)OC(=O)c1ccc(C(=O)O)c(-c2c3cc(F)c(=[N+]4CCC4)cc-3oc3cc(N4CCC4)c(F)cc23)c1. The summed E-state index contributed by atoms with van der Waals surface area (Å²) in [5.41, 5.74) is 0.601. The van der Waals surface area contributed by atoms with Crippen LogP contribution in [0.2, 0.25) is 0 Å². The van der Waals surface area contributed by atoms with Gasteiger partial charge in [0.05, 0.1) is 29.3 Å². The molecule has 2 saturated heterocycles. The molecule has 7 nitrogen and oxygen atoms in total. The van der Waals surface area contributed by atoms with Crippen molar-refractivity contribution < 1.29 is 32.6 Å². The van der Waals surface area contributed by atoms with Gasteiger partial charge < -0.3 is 19.2 Å². The van der Waals surface area contributed by atoms with E-state index in [1.807, 2.05) is 9.48 Å². The lowest BCUT2D eigenvalue weighted by Gasteiger charge is -2.33. The van der Waals surface area contributed by atoms with Crippen molar-refractivity contribution in [2.45, 2.75) is 39.2 Å². The molecule has 0 aromatic heterocycles. The molecule has 0 spiro atoms. The van der Waals surface area contributed by atoms with E-state index in [0.717, 1.165) is 12.8 Å². The number of aromatic carboxylic acids is 1. The Morgan fingerprint density at radius 1 is 0.975 bits per heavy atom. The summed E-state index contributed by atoms with van der Waals surface area (Å²) in [5, 5.41) is 10.8. The van der Waals surface area contributed by atoms with Gasteiger partial charge in [-0.2, -0.15) is 4.39 Å². The van der Waals surface area contributed by atoms with Crippen molar-refractivity contribution in [3.8, 4) is 22.5 Å². The van der Waals surface area contributed by atoms with E-state index in [2.05, 4.69) is 0 Å². The number of esters is 1. The average molecular weight is 548 g/mol. The van der Waals surface area contributed by atoms with Crippen LogP contribution in [-0.2, 0) is 4.74 Å². The maximum absolute atomic E-state index is 15.5. The molecule has 6 rings (SSSR count). The number of hydrogen-bond acceptors (Lipinski definition) is 5. The minimum Gasteiger partial charge on any atom is -0.478 e. The van der Waals surface area contributed by atoms with Crippen molar-refractivity contribution in [1.82, 2.24) is 4.58 Å². The summed E-state index contributed by atoms with van der Waals surface area (Å²) in [6, 6.07) is 9.92. The minimum absolute atomic E-state index is 0.118. The summed E-state index contributed by atoms with van der Waals surface area (Å²) >= 11 is 0. The number of hydrogen-bond donors (Lipinski definition) is 1. The van der Waals surface area contributed by atoms with Gasteiger partial charge in [0.15, 0.2) is 5.82 Å². The Morgan fingerprint density at radius 3 is 2.33 bits per heavy atom. The van der Waals surface area contributed by atoms with Crippen molar-refractivity contribution in [3.63, 3.8) is 0 Å². The van der Waals surface area contributed by atoms with Crippen LogP contribution in [-0.4, -0.2) is 48.8 Å². The Morgan fingerprint density at radius 2 is 1.73 bits per heavy atom. The number of carbonyl (C=O) groups is 2. The summed E-state index contributed by atoms with van der Waals surface area (Å²) in [4.78, 5) is 27.2. The summed E-state index contributed by atoms with van der Waals surface area (Å²) in [5.74, 6) is -2.56. The highest BCUT2D eigenvalue weighted by Crippen LogP contribution is 2.44. The van der Waals surface area contributed by atoms with E-state index in [1.54, 1.807) is 32.9 Å². The first kappa shape index (κ1) is 26.0. The third-order valence-corrected chi connectivity index (χ3v) is 7.40. The van der Waals surface area contributed by atoms with Crippen molar-refractivity contribution in [3.05, 3.63) is 70.6 Å². The van der Waals surface area contributed by atoms with Crippen molar-refractivity contribution in [1.29, 1.82) is 0 Å². The first-order valence-electron chi connectivity index (χ1n) is 13.3. The Kier molecular flexibility index (Phi) is 6.12. The van der Waals surface area contributed by atoms with Gasteiger partial charge in [-0.1, -0.05) is 0 Å². The number of nitrogens with zero attached hydrogens (tertiary/aromatic N) is 2. The smallest absolute Gasteiger partial charge is 0.338 e. The zero-order valence-electron chi connectivity index (χ0n) is 22.5. The Balaban J connectivity index is 1.69. The van der Waals surface area contributed by atoms with Crippen LogP contribution in [0.3, 0.4) is 0 Å². The standard InChI is InChI=1S/C31H28F2N2O5/c1-31(2,3)40-30(38)17-6-7-18(29(36)37)19(12-17)28-20-13-22(32)24(34-8-4-9-34)15-26(20)39-27-16-25(35-10-5-11-35)23(33)14-21(27)28/h6-7,12-16H,4-5,8-11H2,1-3H3/p+1. The Labute approximate surface area is 229 Å². The number of carbonyl (C=O) groups excluding carboxylic acids is 1. The van der Waals surface area contributed by atoms with Crippen molar-refractivity contribution >= 4 is 28.6 Å². The van der Waals surface area contributed by atoms with Crippen LogP contribution in [0.5, 0.6) is 0 Å². The highest BCUT2D eigenvalue weighted by molar-refractivity contribution is 6.09. The third kappa shape index (κ3) is 4.49. The van der Waals surface area contributed by atoms with E-state index in [9.17, 15) is 14.7 Å². The lowest BCUT2D eigenvalue weighted by atomic mass is 9.89. The van der Waals surface area contributed by atoms with Crippen LogP contribution in [0.15, 0.2) is 46.9 Å². The molecule has 2 fully saturated rings. The minimum atomic E-state index is -1.25. The van der Waals surface area contributed by atoms with Gasteiger partial charge >= 0.3 is 11.9 Å². The lowest BCUT2D eigenvalue weighted by Crippen LogP contribution is -2.42. The second-order valence-corrected chi connectivity index (χ2v) is 11.3. The molecule has 2 aromatic rings. The predicted octanol–water partition coefficient (Wildman–Crippen LogP) is 5.52. The molecule has 0 radical (unpaired) electrons. The molecule has 40 heavy (non-hydrogen) atoms. The van der Waals surface area contributed by atoms with Crippen LogP contribution in [0.1, 0.15) is 54.3 Å². The fraction of sp³-hybridized carbons (Fsp3) is 0.323. The number of rotatable bonds is 4. The first-order chi connectivity index (χ1) is 19.0. The van der Waals surface area contributed by atoms with E-state index < -0.39 is 29.2 Å². The third-order valence-electron chi connectivity index (χ3n) is 7.40. The summed E-state index contributed by atoms with van der Waals surface area (Å²) in [6.07, 6.45) is 1.91. The van der Waals surface area contributed by atoms with Gasteiger partial charge in [0, 0.05) is 35.7 Å². The predicted molar refractivity (Wildman–Crippen MR) is 147 cm³/mol. The summed E-state index contributed by atoms with van der Waals surface area (Å²) in [7, 11) is 0. The number of fused-ring (bicyclic) bond motifs is 2. The van der Waals surface area contributed by atoms with Gasteiger partial charge in [-0.15, -0.1) is 0 Å². The molecule has 0 saturated carbocycles. The molecule has 3 heterocycles. The van der Waals surface area contributed by atoms with Gasteiger partial charge in [0.1, 0.15) is 35.9 Å². The molecule has 1 N–H and O–H groups in total. The number of carboxylic acids is 1. The van der Waals surface area contributed by atoms with E-state index in [1.165, 1.54) is 30.3 Å². The molecular formula is C31H29F2N2O5+. The molecule has 2 aromatic carbocycles. The number of anilines is 1. The number of carboxylic acid groups (broad SMARTS) is 1. The van der Waals surface area contributed by atoms with Crippen LogP contribution in [0.4, 0.5) is 14.5 Å². The highest BCUT2D eigenvalue weighted by Gasteiger charge is 2.29. The largest absolute Gasteiger partial charge is 0.478 e. The zero-order chi connectivity index (χ0) is 28.3. The summed E-state index contributed by atoms with van der Waals surface area (Å²) < 4.78 is 44.6. The summed E-state index contributed by atoms with van der Waals surface area (Å²) in [6.45, 7) is 8.06. The molecule has 0 unspecified atom stereocenters. The van der Waals surface area contributed by atoms with Crippen LogP contribution in [0.25, 0.3) is 33.4 Å². The molecule has 0 atom stereocenters. The maximum atomic E-state index is 15.5. The van der Waals surface area contributed by atoms with Crippen LogP contribution >= 0.6 is 0 Å². The topological polar surface area (TPSA) is 83.0 Å². The molecule has 3 aliphatic heterocycles. The van der Waals surface area contributed by atoms with Crippen molar-refractivity contribution in [2.75, 3.05) is 31.1 Å². The van der Waals surface area contributed by atoms with Gasteiger partial charge in [0.2, 0.25) is 5.36 Å². The van der Waals surface area contributed by atoms with Crippen LogP contribution in [0, 0.1) is 11.6 Å². The molecule has 0 amide bonds. The Bertz CT molecular complexity index is 1740.